The number of amides is 1. The van der Waals surface area contributed by atoms with E-state index in [1.807, 2.05) is 18.3 Å². The van der Waals surface area contributed by atoms with Gasteiger partial charge in [-0.05, 0) is 69.7 Å². The number of nitrogens with one attached hydrogen (secondary N) is 2. The molecule has 3 aliphatic rings. The smallest absolute Gasteiger partial charge is 0.255 e. The third kappa shape index (κ3) is 2.94. The van der Waals surface area contributed by atoms with Crippen molar-refractivity contribution in [2.24, 2.45) is 5.92 Å². The highest BCUT2D eigenvalue weighted by atomic mass is 16.1. The Morgan fingerprint density at radius 2 is 2.09 bits per heavy atom. The van der Waals surface area contributed by atoms with Crippen LogP contribution in [0.3, 0.4) is 0 Å². The zero-order valence-corrected chi connectivity index (χ0v) is 13.6. The molecule has 1 amide bonds. The summed E-state index contributed by atoms with van der Waals surface area (Å²) in [4.78, 5) is 19.7. The average molecular weight is 314 g/mol. The second-order valence-electron chi connectivity index (χ2n) is 7.17. The SMILES string of the molecule is O=C(NCC1CCNC1)c1cccnc1N1C2CCCC1CC2. The average Bonchev–Trinajstić information content (AvgIpc) is 3.18. The Kier molecular flexibility index (Phi) is 4.21. The number of fused-ring (bicyclic) bond motifs is 2. The minimum atomic E-state index is 0.0324. The van der Waals surface area contributed by atoms with E-state index < -0.39 is 0 Å². The van der Waals surface area contributed by atoms with Crippen LogP contribution in [0.25, 0.3) is 0 Å². The Balaban J connectivity index is 1.51. The van der Waals surface area contributed by atoms with E-state index in [1.54, 1.807) is 0 Å². The lowest BCUT2D eigenvalue weighted by molar-refractivity contribution is 0.0948. The van der Waals surface area contributed by atoms with Crippen LogP contribution in [-0.2, 0) is 0 Å². The summed E-state index contributed by atoms with van der Waals surface area (Å²) < 4.78 is 0. The van der Waals surface area contributed by atoms with Crippen molar-refractivity contribution in [3.63, 3.8) is 0 Å². The van der Waals surface area contributed by atoms with Crippen LogP contribution >= 0.6 is 0 Å². The Labute approximate surface area is 137 Å². The van der Waals surface area contributed by atoms with Crippen LogP contribution in [0.2, 0.25) is 0 Å². The van der Waals surface area contributed by atoms with Crippen LogP contribution in [0, 0.1) is 5.92 Å². The normalized spacial score (nSPS) is 29.7. The second kappa shape index (κ2) is 6.48. The van der Waals surface area contributed by atoms with Crippen molar-refractivity contribution in [1.29, 1.82) is 0 Å². The van der Waals surface area contributed by atoms with Crippen molar-refractivity contribution >= 4 is 11.7 Å². The van der Waals surface area contributed by atoms with Crippen molar-refractivity contribution in [2.75, 3.05) is 24.5 Å². The lowest BCUT2D eigenvalue weighted by Crippen LogP contribution is -2.42. The number of hydrogen-bond donors (Lipinski definition) is 2. The molecular formula is C18H26N4O. The van der Waals surface area contributed by atoms with E-state index in [4.69, 9.17) is 0 Å². The minimum Gasteiger partial charge on any atom is -0.352 e. The Morgan fingerprint density at radius 3 is 2.83 bits per heavy atom. The van der Waals surface area contributed by atoms with E-state index in [1.165, 1.54) is 32.1 Å². The van der Waals surface area contributed by atoms with Gasteiger partial charge in [0, 0.05) is 24.8 Å². The van der Waals surface area contributed by atoms with E-state index in [9.17, 15) is 4.79 Å². The minimum absolute atomic E-state index is 0.0324. The molecular weight excluding hydrogens is 288 g/mol. The van der Waals surface area contributed by atoms with Crippen LogP contribution in [0.5, 0.6) is 0 Å². The summed E-state index contributed by atoms with van der Waals surface area (Å²) in [5.41, 5.74) is 0.747. The summed E-state index contributed by atoms with van der Waals surface area (Å²) in [6.45, 7) is 2.83. The summed E-state index contributed by atoms with van der Waals surface area (Å²) >= 11 is 0. The van der Waals surface area contributed by atoms with Gasteiger partial charge in [-0.15, -0.1) is 0 Å². The summed E-state index contributed by atoms with van der Waals surface area (Å²) in [6, 6.07) is 4.96. The summed E-state index contributed by atoms with van der Waals surface area (Å²) in [5, 5.41) is 6.47. The van der Waals surface area contributed by atoms with E-state index in [0.717, 1.165) is 37.4 Å². The second-order valence-corrected chi connectivity index (χ2v) is 7.17. The summed E-state index contributed by atoms with van der Waals surface area (Å²) in [7, 11) is 0. The lowest BCUT2D eigenvalue weighted by Gasteiger charge is -2.36. The highest BCUT2D eigenvalue weighted by Crippen LogP contribution is 2.39. The van der Waals surface area contributed by atoms with Gasteiger partial charge in [0.1, 0.15) is 5.82 Å². The predicted octanol–water partition coefficient (Wildman–Crippen LogP) is 1.94. The van der Waals surface area contributed by atoms with Gasteiger partial charge in [0.2, 0.25) is 0 Å². The number of hydrogen-bond acceptors (Lipinski definition) is 4. The third-order valence-electron chi connectivity index (χ3n) is 5.68. The molecule has 4 rings (SSSR count). The molecule has 3 fully saturated rings. The van der Waals surface area contributed by atoms with Gasteiger partial charge >= 0.3 is 0 Å². The fourth-order valence-electron chi connectivity index (χ4n) is 4.46. The molecule has 3 saturated heterocycles. The van der Waals surface area contributed by atoms with E-state index >= 15 is 0 Å². The molecule has 5 nitrogen and oxygen atoms in total. The Bertz CT molecular complexity index is 554. The zero-order chi connectivity index (χ0) is 15.6. The van der Waals surface area contributed by atoms with Crippen LogP contribution in [0.1, 0.15) is 48.9 Å². The third-order valence-corrected chi connectivity index (χ3v) is 5.68. The van der Waals surface area contributed by atoms with Gasteiger partial charge in [0.05, 0.1) is 5.56 Å². The van der Waals surface area contributed by atoms with Gasteiger partial charge in [-0.3, -0.25) is 4.79 Å². The molecule has 0 aromatic carbocycles. The number of carbonyl (C=O) groups is 1. The number of carbonyl (C=O) groups excluding carboxylic acids is 1. The molecule has 0 spiro atoms. The van der Waals surface area contributed by atoms with Gasteiger partial charge in [-0.1, -0.05) is 0 Å². The molecule has 4 heterocycles. The molecule has 1 aromatic rings. The molecule has 0 aliphatic carbocycles. The molecule has 3 aliphatic heterocycles. The topological polar surface area (TPSA) is 57.3 Å². The molecule has 5 heteroatoms. The van der Waals surface area contributed by atoms with Gasteiger partial charge < -0.3 is 15.5 Å². The maximum Gasteiger partial charge on any atom is 0.255 e. The Morgan fingerprint density at radius 1 is 1.26 bits per heavy atom. The van der Waals surface area contributed by atoms with Crippen LogP contribution in [-0.4, -0.2) is 42.6 Å². The molecule has 2 bridgehead atoms. The molecule has 3 atom stereocenters. The van der Waals surface area contributed by atoms with Gasteiger partial charge in [-0.2, -0.15) is 0 Å². The van der Waals surface area contributed by atoms with Crippen molar-refractivity contribution in [3.05, 3.63) is 23.9 Å². The van der Waals surface area contributed by atoms with E-state index in [0.29, 0.717) is 18.0 Å². The fourth-order valence-corrected chi connectivity index (χ4v) is 4.46. The number of aromatic nitrogens is 1. The van der Waals surface area contributed by atoms with Crippen LogP contribution in [0.15, 0.2) is 18.3 Å². The van der Waals surface area contributed by atoms with Gasteiger partial charge in [0.15, 0.2) is 0 Å². The first-order valence-corrected chi connectivity index (χ1v) is 9.05. The molecule has 0 radical (unpaired) electrons. The predicted molar refractivity (Wildman–Crippen MR) is 90.7 cm³/mol. The standard InChI is InChI=1S/C18H26N4O/c23-18(21-12-13-8-10-19-11-13)16-5-2-9-20-17(16)22-14-3-1-4-15(22)7-6-14/h2,5,9,13-15,19H,1,3-4,6-8,10-12H2,(H,21,23). The number of nitrogens with zero attached hydrogens (tertiary/aromatic N) is 2. The first-order valence-electron chi connectivity index (χ1n) is 9.05. The molecule has 1 aromatic heterocycles. The van der Waals surface area contributed by atoms with E-state index in [-0.39, 0.29) is 5.91 Å². The first-order chi connectivity index (χ1) is 11.3. The maximum absolute atomic E-state index is 12.7. The molecule has 0 saturated carbocycles. The maximum atomic E-state index is 12.7. The number of piperidine rings is 1. The van der Waals surface area contributed by atoms with Crippen molar-refractivity contribution < 1.29 is 4.79 Å². The van der Waals surface area contributed by atoms with Gasteiger partial charge in [0.25, 0.3) is 5.91 Å². The molecule has 124 valence electrons. The van der Waals surface area contributed by atoms with Crippen molar-refractivity contribution in [2.45, 2.75) is 50.6 Å². The quantitative estimate of drug-likeness (QED) is 0.892. The van der Waals surface area contributed by atoms with E-state index in [2.05, 4.69) is 20.5 Å². The summed E-state index contributed by atoms with van der Waals surface area (Å²) in [6.07, 6.45) is 9.25. The molecule has 3 unspecified atom stereocenters. The lowest BCUT2D eigenvalue weighted by atomic mass is 10.0. The highest BCUT2D eigenvalue weighted by Gasteiger charge is 2.38. The van der Waals surface area contributed by atoms with Crippen LogP contribution in [0.4, 0.5) is 5.82 Å². The Hall–Kier alpha value is -1.62. The van der Waals surface area contributed by atoms with Crippen molar-refractivity contribution in [1.82, 2.24) is 15.6 Å². The van der Waals surface area contributed by atoms with Crippen molar-refractivity contribution in [3.8, 4) is 0 Å². The largest absolute Gasteiger partial charge is 0.352 e. The highest BCUT2D eigenvalue weighted by molar-refractivity contribution is 5.99. The number of rotatable bonds is 4. The zero-order valence-electron chi connectivity index (χ0n) is 13.6. The number of pyridine rings is 1. The fraction of sp³-hybridized carbons (Fsp3) is 0.667. The summed E-state index contributed by atoms with van der Waals surface area (Å²) in [5.74, 6) is 1.50. The number of anilines is 1. The molecule has 23 heavy (non-hydrogen) atoms. The molecule has 2 N–H and O–H groups in total. The van der Waals surface area contributed by atoms with Gasteiger partial charge in [-0.25, -0.2) is 4.98 Å². The first kappa shape index (κ1) is 14.9. The monoisotopic (exact) mass is 314 g/mol. The van der Waals surface area contributed by atoms with Crippen LogP contribution < -0.4 is 15.5 Å².